The summed E-state index contributed by atoms with van der Waals surface area (Å²) >= 11 is 1.55. The summed E-state index contributed by atoms with van der Waals surface area (Å²) in [5, 5.41) is 1.96. The molecule has 0 aromatic carbocycles. The summed E-state index contributed by atoms with van der Waals surface area (Å²) in [6.07, 6.45) is 1.47. The summed E-state index contributed by atoms with van der Waals surface area (Å²) in [7, 11) is -2.96. The lowest BCUT2D eigenvalue weighted by Gasteiger charge is -2.34. The van der Waals surface area contributed by atoms with Crippen molar-refractivity contribution >= 4 is 27.1 Å². The van der Waals surface area contributed by atoms with Gasteiger partial charge < -0.3 is 9.32 Å². The molecule has 2 aromatic heterocycles. The fourth-order valence-electron chi connectivity index (χ4n) is 2.87. The van der Waals surface area contributed by atoms with Gasteiger partial charge in [-0.05, 0) is 18.4 Å². The van der Waals surface area contributed by atoms with Gasteiger partial charge in [-0.15, -0.1) is 11.3 Å². The van der Waals surface area contributed by atoms with Crippen LogP contribution in [0.2, 0.25) is 0 Å². The van der Waals surface area contributed by atoms with E-state index in [9.17, 15) is 13.2 Å². The number of carbonyl (C=O) groups is 1. The number of thiophene rings is 1. The summed E-state index contributed by atoms with van der Waals surface area (Å²) in [6.45, 7) is 4.96. The van der Waals surface area contributed by atoms with Crippen LogP contribution in [0, 0.1) is 6.92 Å². The highest BCUT2D eigenvalue weighted by atomic mass is 32.2. The number of aromatic nitrogens is 1. The molecule has 0 N–H and O–H groups in total. The molecule has 0 radical (unpaired) electrons. The van der Waals surface area contributed by atoms with Gasteiger partial charge in [-0.25, -0.2) is 13.4 Å². The van der Waals surface area contributed by atoms with E-state index in [4.69, 9.17) is 4.42 Å². The second-order valence-corrected chi connectivity index (χ2v) is 9.74. The molecule has 7 nitrogen and oxygen atoms in total. The number of piperazine rings is 1. The molecular weight excluding hydrogens is 374 g/mol. The van der Waals surface area contributed by atoms with Crippen molar-refractivity contribution in [2.24, 2.45) is 0 Å². The van der Waals surface area contributed by atoms with Gasteiger partial charge in [-0.3, -0.25) is 9.69 Å². The molecule has 0 unspecified atom stereocenters. The highest BCUT2D eigenvalue weighted by molar-refractivity contribution is 7.90. The van der Waals surface area contributed by atoms with Crippen LogP contribution in [0.4, 0.5) is 0 Å². The van der Waals surface area contributed by atoms with Crippen LogP contribution in [0.3, 0.4) is 0 Å². The number of hydrogen-bond donors (Lipinski definition) is 0. The molecular formula is C17H23N3O4S2. The second kappa shape index (κ2) is 7.89. The van der Waals surface area contributed by atoms with Gasteiger partial charge in [0.2, 0.25) is 11.8 Å². The quantitative estimate of drug-likeness (QED) is 0.733. The fraction of sp³-hybridized carbons (Fsp3) is 0.529. The van der Waals surface area contributed by atoms with Crippen LogP contribution in [0.5, 0.6) is 0 Å². The van der Waals surface area contributed by atoms with Crippen LogP contribution < -0.4 is 0 Å². The van der Waals surface area contributed by atoms with Gasteiger partial charge in [0.1, 0.15) is 15.6 Å². The minimum absolute atomic E-state index is 0.0295. The van der Waals surface area contributed by atoms with E-state index >= 15 is 0 Å². The Labute approximate surface area is 157 Å². The molecule has 3 rings (SSSR count). The number of rotatable bonds is 6. The number of carbonyl (C=O) groups excluding carboxylic acids is 1. The van der Waals surface area contributed by atoms with E-state index in [-0.39, 0.29) is 18.1 Å². The average molecular weight is 398 g/mol. The molecule has 9 heteroatoms. The molecule has 2 aromatic rings. The minimum Gasteiger partial charge on any atom is -0.440 e. The lowest BCUT2D eigenvalue weighted by Crippen LogP contribution is -2.50. The number of nitrogens with zero attached hydrogens (tertiary/aromatic N) is 3. The molecule has 3 heterocycles. The first kappa shape index (κ1) is 19.1. The van der Waals surface area contributed by atoms with Gasteiger partial charge in [0.25, 0.3) is 0 Å². The summed E-state index contributed by atoms with van der Waals surface area (Å²) in [5.41, 5.74) is 0.679. The van der Waals surface area contributed by atoms with E-state index in [1.54, 1.807) is 11.3 Å². The number of amides is 1. The van der Waals surface area contributed by atoms with Crippen molar-refractivity contribution < 1.29 is 17.6 Å². The predicted molar refractivity (Wildman–Crippen MR) is 101 cm³/mol. The molecule has 0 spiro atoms. The molecule has 0 bridgehead atoms. The van der Waals surface area contributed by atoms with Crippen molar-refractivity contribution in [2.45, 2.75) is 13.3 Å². The first-order valence-corrected chi connectivity index (χ1v) is 11.4. The number of aryl methyl sites for hydroxylation is 1. The van der Waals surface area contributed by atoms with Crippen LogP contribution in [0.15, 0.2) is 21.9 Å². The Morgan fingerprint density at radius 2 is 2.04 bits per heavy atom. The maximum Gasteiger partial charge on any atom is 0.236 e. The highest BCUT2D eigenvalue weighted by Gasteiger charge is 2.23. The van der Waals surface area contributed by atoms with Crippen LogP contribution in [-0.2, 0) is 21.1 Å². The molecule has 1 aliphatic rings. The van der Waals surface area contributed by atoms with Crippen molar-refractivity contribution in [1.82, 2.24) is 14.8 Å². The van der Waals surface area contributed by atoms with E-state index in [0.717, 1.165) is 4.88 Å². The first-order chi connectivity index (χ1) is 12.3. The van der Waals surface area contributed by atoms with Gasteiger partial charge in [0.15, 0.2) is 0 Å². The van der Waals surface area contributed by atoms with Crippen molar-refractivity contribution in [1.29, 1.82) is 0 Å². The normalized spacial score (nSPS) is 16.2. The van der Waals surface area contributed by atoms with Crippen LogP contribution in [-0.4, -0.2) is 73.8 Å². The standard InChI is InChI=1S/C17H23N3O4S2/c1-13-14(18-17(24-13)15-4-3-10-25-15)12-16(21)20-7-5-19(6-8-20)9-11-26(2,22)23/h3-4,10H,5-9,11-12H2,1-2H3. The molecule has 0 atom stereocenters. The third kappa shape index (κ3) is 4.93. The largest absolute Gasteiger partial charge is 0.440 e. The topological polar surface area (TPSA) is 83.7 Å². The zero-order chi connectivity index (χ0) is 18.7. The molecule has 1 fully saturated rings. The van der Waals surface area contributed by atoms with E-state index in [1.165, 1.54) is 6.26 Å². The lowest BCUT2D eigenvalue weighted by atomic mass is 10.2. The first-order valence-electron chi connectivity index (χ1n) is 8.50. The van der Waals surface area contributed by atoms with E-state index in [2.05, 4.69) is 9.88 Å². The zero-order valence-corrected chi connectivity index (χ0v) is 16.6. The fourth-order valence-corrected chi connectivity index (χ4v) is 4.11. The SMILES string of the molecule is Cc1oc(-c2cccs2)nc1CC(=O)N1CCN(CCS(C)(=O)=O)CC1. The molecule has 1 amide bonds. The zero-order valence-electron chi connectivity index (χ0n) is 15.0. The summed E-state index contributed by atoms with van der Waals surface area (Å²) in [5.74, 6) is 1.42. The molecule has 1 aliphatic heterocycles. The highest BCUT2D eigenvalue weighted by Crippen LogP contribution is 2.26. The summed E-state index contributed by atoms with van der Waals surface area (Å²) < 4.78 is 28.2. The van der Waals surface area contributed by atoms with E-state index in [0.29, 0.717) is 50.1 Å². The summed E-state index contributed by atoms with van der Waals surface area (Å²) in [4.78, 5) is 21.9. The predicted octanol–water partition coefficient (Wildman–Crippen LogP) is 1.44. The minimum atomic E-state index is -2.96. The molecule has 142 valence electrons. The number of hydrogen-bond acceptors (Lipinski definition) is 7. The third-order valence-corrected chi connectivity index (χ3v) is 6.23. The van der Waals surface area contributed by atoms with Crippen molar-refractivity contribution in [2.75, 3.05) is 44.7 Å². The monoisotopic (exact) mass is 397 g/mol. The van der Waals surface area contributed by atoms with Crippen molar-refractivity contribution in [3.8, 4) is 10.8 Å². The van der Waals surface area contributed by atoms with Crippen LogP contribution in [0.1, 0.15) is 11.5 Å². The molecule has 26 heavy (non-hydrogen) atoms. The van der Waals surface area contributed by atoms with Crippen molar-refractivity contribution in [3.63, 3.8) is 0 Å². The Balaban J connectivity index is 1.53. The third-order valence-electron chi connectivity index (χ3n) is 4.45. The maximum atomic E-state index is 12.6. The smallest absolute Gasteiger partial charge is 0.236 e. The van der Waals surface area contributed by atoms with Gasteiger partial charge in [-0.1, -0.05) is 6.07 Å². The Bertz CT molecular complexity index is 851. The van der Waals surface area contributed by atoms with Gasteiger partial charge in [-0.2, -0.15) is 0 Å². The van der Waals surface area contributed by atoms with Gasteiger partial charge >= 0.3 is 0 Å². The Kier molecular flexibility index (Phi) is 5.79. The maximum absolute atomic E-state index is 12.6. The van der Waals surface area contributed by atoms with Gasteiger partial charge in [0, 0.05) is 39.0 Å². The number of sulfone groups is 1. The molecule has 0 saturated carbocycles. The van der Waals surface area contributed by atoms with Gasteiger partial charge in [0.05, 0.1) is 22.7 Å². The Morgan fingerprint density at radius 1 is 1.31 bits per heavy atom. The Hall–Kier alpha value is -1.71. The Morgan fingerprint density at radius 3 is 2.65 bits per heavy atom. The lowest BCUT2D eigenvalue weighted by molar-refractivity contribution is -0.132. The van der Waals surface area contributed by atoms with Crippen molar-refractivity contribution in [3.05, 3.63) is 29.0 Å². The summed E-state index contributed by atoms with van der Waals surface area (Å²) in [6, 6.07) is 3.88. The number of oxazole rings is 1. The molecule has 1 saturated heterocycles. The van der Waals surface area contributed by atoms with E-state index < -0.39 is 9.84 Å². The molecule has 0 aliphatic carbocycles. The van der Waals surface area contributed by atoms with E-state index in [1.807, 2.05) is 29.3 Å². The second-order valence-electron chi connectivity index (χ2n) is 6.53. The average Bonchev–Trinajstić information content (AvgIpc) is 3.23. The van der Waals surface area contributed by atoms with Crippen LogP contribution >= 0.6 is 11.3 Å². The van der Waals surface area contributed by atoms with Crippen LogP contribution in [0.25, 0.3) is 10.8 Å².